The topological polar surface area (TPSA) is 145 Å². The van der Waals surface area contributed by atoms with Crippen LogP contribution < -0.4 is 9.47 Å². The van der Waals surface area contributed by atoms with Crippen molar-refractivity contribution >= 4 is 27.3 Å². The summed E-state index contributed by atoms with van der Waals surface area (Å²) in [5.74, 6) is -0.196. The maximum atomic E-state index is 10.8. The molecular weight excluding hydrogens is 452 g/mol. The van der Waals surface area contributed by atoms with E-state index in [1.54, 1.807) is 12.1 Å². The first-order valence-electron chi connectivity index (χ1n) is 7.84. The van der Waals surface area contributed by atoms with E-state index in [1.807, 2.05) is 0 Å². The maximum Gasteiger partial charge on any atom is 0.310 e. The van der Waals surface area contributed by atoms with Crippen molar-refractivity contribution < 1.29 is 29.5 Å². The molecule has 0 bridgehead atoms. The van der Waals surface area contributed by atoms with Gasteiger partial charge in [0.1, 0.15) is 23.0 Å². The van der Waals surface area contributed by atoms with E-state index in [0.717, 1.165) is 24.3 Å². The second kappa shape index (κ2) is 8.02. The Kier molecular flexibility index (Phi) is 5.50. The van der Waals surface area contributed by atoms with Gasteiger partial charge in [-0.2, -0.15) is 0 Å². The highest BCUT2D eigenvalue weighted by Gasteiger charge is 2.16. The number of aromatic hydroxyl groups is 2. The average Bonchev–Trinajstić information content (AvgIpc) is 2.60. The Bertz CT molecular complexity index is 1040. The lowest BCUT2D eigenvalue weighted by molar-refractivity contribution is -0.386. The number of nitro groups is 2. The molecule has 3 rings (SSSR count). The zero-order valence-corrected chi connectivity index (χ0v) is 15.9. The number of nitrogens with zero attached hydrogens (tertiary/aromatic N) is 2. The summed E-state index contributed by atoms with van der Waals surface area (Å²) in [6, 6.07) is 11.8. The lowest BCUT2D eigenvalue weighted by atomic mass is 10.2. The van der Waals surface area contributed by atoms with Gasteiger partial charge in [-0.05, 0) is 24.3 Å². The van der Waals surface area contributed by atoms with Gasteiger partial charge in [0.25, 0.3) is 0 Å². The average molecular weight is 463 g/mol. The molecule has 0 heterocycles. The number of ether oxygens (including phenoxy) is 2. The summed E-state index contributed by atoms with van der Waals surface area (Å²) >= 11 is 3.29. The minimum Gasteiger partial charge on any atom is -0.502 e. The number of hydrogen-bond donors (Lipinski definition) is 2. The Hall–Kier alpha value is -3.86. The van der Waals surface area contributed by atoms with E-state index in [2.05, 4.69) is 15.9 Å². The van der Waals surface area contributed by atoms with Gasteiger partial charge in [-0.15, -0.1) is 0 Å². The van der Waals surface area contributed by atoms with Crippen LogP contribution in [-0.4, -0.2) is 20.1 Å². The number of benzene rings is 3. The Labute approximate surface area is 171 Å². The smallest absolute Gasteiger partial charge is 0.310 e. The number of phenolic OH excluding ortho intramolecular Hbond substituents is 2. The fourth-order valence-electron chi connectivity index (χ4n) is 2.37. The first-order valence-corrected chi connectivity index (χ1v) is 8.63. The molecule has 0 amide bonds. The Balaban J connectivity index is 1.83. The minimum absolute atomic E-state index is 0.158. The molecule has 0 aromatic heterocycles. The summed E-state index contributed by atoms with van der Waals surface area (Å²) in [5.41, 5.74) is -0.901. The summed E-state index contributed by atoms with van der Waals surface area (Å²) in [5, 5.41) is 40.9. The molecule has 0 radical (unpaired) electrons. The van der Waals surface area contributed by atoms with Gasteiger partial charge >= 0.3 is 11.4 Å². The molecule has 29 heavy (non-hydrogen) atoms. The van der Waals surface area contributed by atoms with Gasteiger partial charge in [-0.3, -0.25) is 20.2 Å². The van der Waals surface area contributed by atoms with Crippen molar-refractivity contribution in [2.75, 3.05) is 0 Å². The fourth-order valence-corrected chi connectivity index (χ4v) is 2.82. The molecular formula is C18H11BrN2O8. The van der Waals surface area contributed by atoms with Crippen LogP contribution in [0.1, 0.15) is 0 Å². The van der Waals surface area contributed by atoms with Crippen molar-refractivity contribution in [2.45, 2.75) is 0 Å². The Morgan fingerprint density at radius 2 is 1.10 bits per heavy atom. The summed E-state index contributed by atoms with van der Waals surface area (Å²) in [4.78, 5) is 20.1. The standard InChI is InChI=1S/C18H11BrN2O8/c19-10-5-13(28-11-1-3-15(20(24)25)17(22)8-11)7-14(6-10)29-12-2-4-16(21(26)27)18(23)9-12/h1-9,22-23H. The molecule has 3 aromatic carbocycles. The molecule has 2 N–H and O–H groups in total. The first-order chi connectivity index (χ1) is 13.7. The van der Waals surface area contributed by atoms with Crippen LogP contribution in [0.4, 0.5) is 11.4 Å². The van der Waals surface area contributed by atoms with Gasteiger partial charge in [0.2, 0.25) is 0 Å². The molecule has 0 aliphatic heterocycles. The highest BCUT2D eigenvalue weighted by atomic mass is 79.9. The molecule has 0 aliphatic carbocycles. The molecule has 0 saturated carbocycles. The van der Waals surface area contributed by atoms with Crippen LogP contribution >= 0.6 is 15.9 Å². The molecule has 3 aromatic rings. The lowest BCUT2D eigenvalue weighted by Gasteiger charge is -2.11. The summed E-state index contributed by atoms with van der Waals surface area (Å²) in [6.45, 7) is 0. The Morgan fingerprint density at radius 1 is 0.690 bits per heavy atom. The zero-order valence-electron chi connectivity index (χ0n) is 14.3. The number of rotatable bonds is 6. The minimum atomic E-state index is -0.718. The van der Waals surface area contributed by atoms with Crippen molar-refractivity contribution in [2.24, 2.45) is 0 Å². The summed E-state index contributed by atoms with van der Waals surface area (Å²) < 4.78 is 11.8. The molecule has 11 heteroatoms. The van der Waals surface area contributed by atoms with Gasteiger partial charge < -0.3 is 19.7 Å². The van der Waals surface area contributed by atoms with Gasteiger partial charge in [-0.1, -0.05) is 15.9 Å². The molecule has 0 fully saturated rings. The number of halogens is 1. The normalized spacial score (nSPS) is 10.4. The lowest BCUT2D eigenvalue weighted by Crippen LogP contribution is -1.91. The molecule has 0 saturated heterocycles. The van der Waals surface area contributed by atoms with E-state index in [9.17, 15) is 30.4 Å². The number of hydrogen-bond acceptors (Lipinski definition) is 8. The fraction of sp³-hybridized carbons (Fsp3) is 0. The van der Waals surface area contributed by atoms with Crippen LogP contribution in [0, 0.1) is 20.2 Å². The molecule has 0 aliphatic rings. The van der Waals surface area contributed by atoms with E-state index < -0.39 is 32.7 Å². The van der Waals surface area contributed by atoms with Gasteiger partial charge in [0, 0.05) is 34.8 Å². The largest absolute Gasteiger partial charge is 0.502 e. The molecule has 0 atom stereocenters. The van der Waals surface area contributed by atoms with Crippen LogP contribution in [0.15, 0.2) is 59.1 Å². The second-order valence-electron chi connectivity index (χ2n) is 5.64. The zero-order chi connectivity index (χ0) is 21.1. The molecule has 10 nitrogen and oxygen atoms in total. The first kappa shape index (κ1) is 19.9. The molecule has 148 valence electrons. The summed E-state index contributed by atoms with van der Waals surface area (Å²) in [6.07, 6.45) is 0. The Morgan fingerprint density at radius 3 is 1.45 bits per heavy atom. The summed E-state index contributed by atoms with van der Waals surface area (Å²) in [7, 11) is 0. The van der Waals surface area contributed by atoms with Crippen molar-refractivity contribution in [1.82, 2.24) is 0 Å². The van der Waals surface area contributed by atoms with E-state index in [4.69, 9.17) is 9.47 Å². The predicted octanol–water partition coefficient (Wildman–Crippen LogP) is 5.26. The van der Waals surface area contributed by atoms with Crippen LogP contribution in [0.25, 0.3) is 0 Å². The van der Waals surface area contributed by atoms with Crippen molar-refractivity contribution in [1.29, 1.82) is 0 Å². The van der Waals surface area contributed by atoms with E-state index in [-0.39, 0.29) is 23.0 Å². The van der Waals surface area contributed by atoms with Gasteiger partial charge in [-0.25, -0.2) is 0 Å². The SMILES string of the molecule is O=[N+]([O-])c1ccc(Oc2cc(Br)cc(Oc3ccc([N+](=O)[O-])c(O)c3)c2)cc1O. The van der Waals surface area contributed by atoms with Crippen LogP contribution in [0.2, 0.25) is 0 Å². The van der Waals surface area contributed by atoms with E-state index in [1.165, 1.54) is 18.2 Å². The maximum absolute atomic E-state index is 10.8. The van der Waals surface area contributed by atoms with Crippen LogP contribution in [0.3, 0.4) is 0 Å². The highest BCUT2D eigenvalue weighted by Crippen LogP contribution is 2.37. The number of phenols is 2. The van der Waals surface area contributed by atoms with Crippen molar-refractivity contribution in [3.63, 3.8) is 0 Å². The van der Waals surface area contributed by atoms with Gasteiger partial charge in [0.15, 0.2) is 11.5 Å². The van der Waals surface area contributed by atoms with Gasteiger partial charge in [0.05, 0.1) is 9.85 Å². The predicted molar refractivity (Wildman–Crippen MR) is 104 cm³/mol. The van der Waals surface area contributed by atoms with Crippen molar-refractivity contribution in [3.05, 3.63) is 79.3 Å². The quantitative estimate of drug-likeness (QED) is 0.372. The molecule has 0 unspecified atom stereocenters. The monoisotopic (exact) mass is 462 g/mol. The third kappa shape index (κ3) is 4.71. The highest BCUT2D eigenvalue weighted by molar-refractivity contribution is 9.10. The third-order valence-electron chi connectivity index (χ3n) is 3.60. The number of nitro benzene ring substituents is 2. The third-order valence-corrected chi connectivity index (χ3v) is 4.06. The second-order valence-corrected chi connectivity index (χ2v) is 6.56. The van der Waals surface area contributed by atoms with E-state index >= 15 is 0 Å². The van der Waals surface area contributed by atoms with Crippen LogP contribution in [-0.2, 0) is 0 Å². The van der Waals surface area contributed by atoms with E-state index in [0.29, 0.717) is 4.47 Å². The van der Waals surface area contributed by atoms with Crippen molar-refractivity contribution in [3.8, 4) is 34.5 Å². The van der Waals surface area contributed by atoms with Crippen LogP contribution in [0.5, 0.6) is 34.5 Å². The molecule has 0 spiro atoms.